The Kier molecular flexibility index (Phi) is 3.27. The highest BCUT2D eigenvalue weighted by Crippen LogP contribution is 2.14. The first-order valence-electron chi connectivity index (χ1n) is 3.36. The summed E-state index contributed by atoms with van der Waals surface area (Å²) in [6.45, 7) is 0. The first-order chi connectivity index (χ1) is 6.06. The predicted octanol–water partition coefficient (Wildman–Crippen LogP) is 1.18. The SMILES string of the molecule is CONS(=O)(=O)c1cccc(Cl)c1. The van der Waals surface area contributed by atoms with Gasteiger partial charge in [0.15, 0.2) is 0 Å². The standard InChI is InChI=1S/C7H8ClNO3S/c1-12-9-13(10,11)7-4-2-3-6(8)5-7/h2-5,9H,1H3. The van der Waals surface area contributed by atoms with Gasteiger partial charge in [-0.3, -0.25) is 4.84 Å². The molecule has 0 aliphatic rings. The predicted molar refractivity (Wildman–Crippen MR) is 48.8 cm³/mol. The third kappa shape index (κ3) is 2.67. The van der Waals surface area contributed by atoms with E-state index in [1.807, 2.05) is 4.89 Å². The van der Waals surface area contributed by atoms with Crippen LogP contribution in [0.5, 0.6) is 0 Å². The van der Waals surface area contributed by atoms with Gasteiger partial charge in [0.05, 0.1) is 12.0 Å². The molecular weight excluding hydrogens is 214 g/mol. The Morgan fingerprint density at radius 1 is 1.46 bits per heavy atom. The summed E-state index contributed by atoms with van der Waals surface area (Å²) in [6, 6.07) is 5.90. The normalized spacial score (nSPS) is 11.5. The van der Waals surface area contributed by atoms with Gasteiger partial charge in [-0.2, -0.15) is 0 Å². The molecule has 4 nitrogen and oxygen atoms in total. The van der Waals surface area contributed by atoms with E-state index >= 15 is 0 Å². The molecule has 0 saturated carbocycles. The number of hydrogen-bond acceptors (Lipinski definition) is 3. The van der Waals surface area contributed by atoms with Gasteiger partial charge in [-0.15, -0.1) is 0 Å². The Morgan fingerprint density at radius 3 is 2.69 bits per heavy atom. The van der Waals surface area contributed by atoms with Gasteiger partial charge >= 0.3 is 0 Å². The lowest BCUT2D eigenvalue weighted by atomic mass is 10.4. The van der Waals surface area contributed by atoms with E-state index in [1.165, 1.54) is 19.2 Å². The Morgan fingerprint density at radius 2 is 2.15 bits per heavy atom. The monoisotopic (exact) mass is 221 g/mol. The average molecular weight is 222 g/mol. The van der Waals surface area contributed by atoms with Crippen LogP contribution < -0.4 is 4.89 Å². The van der Waals surface area contributed by atoms with Crippen LogP contribution in [-0.2, 0) is 14.9 Å². The molecule has 0 bridgehead atoms. The van der Waals surface area contributed by atoms with Gasteiger partial charge in [-0.25, -0.2) is 8.42 Å². The maximum atomic E-state index is 11.3. The van der Waals surface area contributed by atoms with Crippen LogP contribution in [0, 0.1) is 0 Å². The average Bonchev–Trinajstić information content (AvgIpc) is 2.04. The van der Waals surface area contributed by atoms with Crippen molar-refractivity contribution < 1.29 is 13.3 Å². The number of hydrogen-bond donors (Lipinski definition) is 1. The molecule has 72 valence electrons. The third-order valence-corrected chi connectivity index (χ3v) is 2.80. The van der Waals surface area contributed by atoms with Crippen LogP contribution in [0.15, 0.2) is 29.2 Å². The molecule has 0 saturated heterocycles. The van der Waals surface area contributed by atoms with Gasteiger partial charge < -0.3 is 0 Å². The molecule has 0 amide bonds. The van der Waals surface area contributed by atoms with Crippen molar-refractivity contribution in [2.75, 3.05) is 7.11 Å². The van der Waals surface area contributed by atoms with E-state index in [9.17, 15) is 8.42 Å². The molecule has 0 aliphatic heterocycles. The van der Waals surface area contributed by atoms with Gasteiger partial charge in [-0.1, -0.05) is 22.6 Å². The van der Waals surface area contributed by atoms with Crippen molar-refractivity contribution in [1.82, 2.24) is 4.89 Å². The third-order valence-electron chi connectivity index (χ3n) is 1.30. The first-order valence-corrected chi connectivity index (χ1v) is 5.23. The number of rotatable bonds is 3. The number of halogens is 1. The Balaban J connectivity index is 3.08. The largest absolute Gasteiger partial charge is 0.290 e. The highest BCUT2D eigenvalue weighted by atomic mass is 35.5. The smallest absolute Gasteiger partial charge is 0.262 e. The second-order valence-electron chi connectivity index (χ2n) is 2.25. The van der Waals surface area contributed by atoms with E-state index in [0.29, 0.717) is 5.02 Å². The lowest BCUT2D eigenvalue weighted by Gasteiger charge is -2.03. The second kappa shape index (κ2) is 4.06. The van der Waals surface area contributed by atoms with Gasteiger partial charge in [0.1, 0.15) is 0 Å². The molecule has 0 atom stereocenters. The van der Waals surface area contributed by atoms with E-state index in [-0.39, 0.29) is 4.90 Å². The molecule has 6 heteroatoms. The van der Waals surface area contributed by atoms with Crippen LogP contribution in [0.2, 0.25) is 5.02 Å². The first kappa shape index (κ1) is 10.5. The minimum Gasteiger partial charge on any atom is -0.290 e. The number of sulfonamides is 1. The van der Waals surface area contributed by atoms with Crippen LogP contribution in [0.3, 0.4) is 0 Å². The second-order valence-corrected chi connectivity index (χ2v) is 4.33. The highest BCUT2D eigenvalue weighted by Gasteiger charge is 2.12. The molecule has 0 radical (unpaired) electrons. The molecule has 1 N–H and O–H groups in total. The quantitative estimate of drug-likeness (QED) is 0.780. The lowest BCUT2D eigenvalue weighted by Crippen LogP contribution is -2.22. The number of nitrogens with one attached hydrogen (secondary N) is 1. The van der Waals surface area contributed by atoms with Crippen LogP contribution in [-0.4, -0.2) is 15.5 Å². The molecule has 0 aliphatic carbocycles. The fraction of sp³-hybridized carbons (Fsp3) is 0.143. The molecule has 0 unspecified atom stereocenters. The van der Waals surface area contributed by atoms with Crippen molar-refractivity contribution in [3.63, 3.8) is 0 Å². The van der Waals surface area contributed by atoms with Crippen molar-refractivity contribution in [1.29, 1.82) is 0 Å². The summed E-state index contributed by atoms with van der Waals surface area (Å²) >= 11 is 5.62. The minimum atomic E-state index is -3.59. The lowest BCUT2D eigenvalue weighted by molar-refractivity contribution is 0.153. The van der Waals surface area contributed by atoms with Crippen LogP contribution >= 0.6 is 11.6 Å². The van der Waals surface area contributed by atoms with E-state index < -0.39 is 10.0 Å². The van der Waals surface area contributed by atoms with Gasteiger partial charge in [-0.05, 0) is 18.2 Å². The summed E-state index contributed by atoms with van der Waals surface area (Å²) in [4.78, 5) is 6.27. The Hall–Kier alpha value is -0.620. The summed E-state index contributed by atoms with van der Waals surface area (Å²) < 4.78 is 22.6. The summed E-state index contributed by atoms with van der Waals surface area (Å²) in [5, 5.41) is 0.360. The van der Waals surface area contributed by atoms with Crippen molar-refractivity contribution in [2.24, 2.45) is 0 Å². The van der Waals surface area contributed by atoms with E-state index in [1.54, 1.807) is 12.1 Å². The van der Waals surface area contributed by atoms with Crippen molar-refractivity contribution >= 4 is 21.6 Å². The maximum absolute atomic E-state index is 11.3. The highest BCUT2D eigenvalue weighted by molar-refractivity contribution is 7.89. The minimum absolute atomic E-state index is 0.0712. The van der Waals surface area contributed by atoms with Crippen molar-refractivity contribution in [2.45, 2.75) is 4.90 Å². The summed E-state index contributed by atoms with van der Waals surface area (Å²) in [5.41, 5.74) is 0. The molecule has 0 heterocycles. The molecule has 0 fully saturated rings. The zero-order valence-corrected chi connectivity index (χ0v) is 8.39. The number of benzene rings is 1. The molecule has 0 aromatic heterocycles. The summed E-state index contributed by atoms with van der Waals surface area (Å²) in [5.74, 6) is 0. The Bertz CT molecular complexity index is 390. The fourth-order valence-electron chi connectivity index (χ4n) is 0.792. The zero-order valence-electron chi connectivity index (χ0n) is 6.82. The van der Waals surface area contributed by atoms with Gasteiger partial charge in [0.25, 0.3) is 10.0 Å². The van der Waals surface area contributed by atoms with Crippen LogP contribution in [0.4, 0.5) is 0 Å². The van der Waals surface area contributed by atoms with Crippen molar-refractivity contribution in [3.8, 4) is 0 Å². The summed E-state index contributed by atoms with van der Waals surface area (Å²) in [6.07, 6.45) is 0. The van der Waals surface area contributed by atoms with Crippen LogP contribution in [0.25, 0.3) is 0 Å². The molecule has 0 spiro atoms. The van der Waals surface area contributed by atoms with E-state index in [2.05, 4.69) is 4.84 Å². The van der Waals surface area contributed by atoms with Crippen LogP contribution in [0.1, 0.15) is 0 Å². The topological polar surface area (TPSA) is 55.4 Å². The van der Waals surface area contributed by atoms with Gasteiger partial charge in [0.2, 0.25) is 0 Å². The van der Waals surface area contributed by atoms with E-state index in [0.717, 1.165) is 0 Å². The Labute approximate surface area is 81.5 Å². The molecule has 1 rings (SSSR count). The van der Waals surface area contributed by atoms with Crippen molar-refractivity contribution in [3.05, 3.63) is 29.3 Å². The molecule has 13 heavy (non-hydrogen) atoms. The molecule has 1 aromatic carbocycles. The molecule has 1 aromatic rings. The maximum Gasteiger partial charge on any atom is 0.262 e. The van der Waals surface area contributed by atoms with E-state index in [4.69, 9.17) is 11.6 Å². The zero-order chi connectivity index (χ0) is 9.90. The fourth-order valence-corrected chi connectivity index (χ4v) is 1.90. The van der Waals surface area contributed by atoms with Gasteiger partial charge in [0, 0.05) is 5.02 Å². The molecular formula is C7H8ClNO3S. The summed E-state index contributed by atoms with van der Waals surface area (Å²) in [7, 11) is -2.37.